The number of benzene rings is 5. The molecule has 0 aliphatic heterocycles. The maximum Gasteiger partial charge on any atom is 0 e. The number of fused-ring (bicyclic) bond motifs is 6. The number of nitrogens with zero attached hydrogens (tertiary/aromatic N) is 2. The van der Waals surface area contributed by atoms with Crippen LogP contribution in [0.2, 0.25) is 17.3 Å². The Bertz CT molecular complexity index is 2670. The van der Waals surface area contributed by atoms with Crippen molar-refractivity contribution in [3.8, 4) is 28.3 Å². The number of hydrogen-bond acceptors (Lipinski definition) is 4. The maximum atomic E-state index is 8.82. The largest absolute Gasteiger partial charge is 0 e. The van der Waals surface area contributed by atoms with Gasteiger partial charge in [0.15, 0.2) is 0 Å². The van der Waals surface area contributed by atoms with Gasteiger partial charge in [0, 0.05) is 35.1 Å². The molecule has 271 valence electrons. The van der Waals surface area contributed by atoms with E-state index in [4.69, 9.17) is 13.8 Å². The van der Waals surface area contributed by atoms with E-state index >= 15 is 0 Å². The molecule has 0 spiro atoms. The van der Waals surface area contributed by atoms with Crippen molar-refractivity contribution in [2.75, 3.05) is 7.11 Å². The summed E-state index contributed by atoms with van der Waals surface area (Å²) in [5.41, 5.74) is 4.82. The summed E-state index contributed by atoms with van der Waals surface area (Å²) in [5, 5.41) is 7.04. The third-order valence-corrected chi connectivity index (χ3v) is 14.9. The minimum absolute atomic E-state index is 0. The Kier molecular flexibility index (Phi) is 10.7. The summed E-state index contributed by atoms with van der Waals surface area (Å²) in [4.78, 5) is 9.28. The van der Waals surface area contributed by atoms with Crippen LogP contribution in [-0.2, 0) is 26.5 Å². The predicted octanol–water partition coefficient (Wildman–Crippen LogP) is 12.6. The first-order chi connectivity index (χ1) is 26.1. The summed E-state index contributed by atoms with van der Waals surface area (Å²) in [7, 11) is 1.69. The molecule has 1 radical (unpaired) electrons. The molecule has 8 aromatic rings. The van der Waals surface area contributed by atoms with E-state index in [1.165, 1.54) is 30.6 Å². The first-order valence-corrected chi connectivity index (χ1v) is 25.9. The molecule has 0 saturated heterocycles. The van der Waals surface area contributed by atoms with E-state index in [1.54, 1.807) is 24.6 Å². The molecule has 3 nitrogen and oxygen atoms in total. The Labute approximate surface area is 338 Å². The molecule has 0 saturated carbocycles. The summed E-state index contributed by atoms with van der Waals surface area (Å²) < 4.78 is 35.4. The Morgan fingerprint density at radius 3 is 2.21 bits per heavy atom. The molecule has 0 amide bonds. The maximum absolute atomic E-state index is 8.82. The molecule has 3 aromatic heterocycles. The zero-order valence-electron chi connectivity index (χ0n) is 34.5. The summed E-state index contributed by atoms with van der Waals surface area (Å²) in [5.74, 6) is 6.76. The van der Waals surface area contributed by atoms with Crippen LogP contribution in [0.25, 0.3) is 64.2 Å². The minimum atomic E-state index is -1.72. The molecule has 0 bridgehead atoms. The van der Waals surface area contributed by atoms with Crippen molar-refractivity contribution in [3.05, 3.63) is 133 Å². The average Bonchev–Trinajstić information content (AvgIpc) is 3.56. The third kappa shape index (κ3) is 8.29. The second-order valence-electron chi connectivity index (χ2n) is 14.8. The van der Waals surface area contributed by atoms with Crippen molar-refractivity contribution in [1.29, 1.82) is 0 Å². The van der Waals surface area contributed by atoms with Gasteiger partial charge in [0.05, 0.1) is 7.11 Å². The van der Waals surface area contributed by atoms with Gasteiger partial charge in [-0.15, -0.1) is 23.8 Å². The zero-order chi connectivity index (χ0) is 39.3. The summed E-state index contributed by atoms with van der Waals surface area (Å²) >= 11 is 0.0240. The van der Waals surface area contributed by atoms with Crippen LogP contribution >= 0.6 is 11.3 Å². The van der Waals surface area contributed by atoms with Crippen molar-refractivity contribution in [1.82, 2.24) is 9.97 Å². The molecule has 0 N–H and O–H groups in total. The quantitative estimate of drug-likeness (QED) is 0.0907. The molecule has 0 aliphatic rings. The first kappa shape index (κ1) is 34.9. The van der Waals surface area contributed by atoms with Crippen LogP contribution in [0.1, 0.15) is 48.8 Å². The number of pyridine rings is 2. The third-order valence-electron chi connectivity index (χ3n) is 9.34. The van der Waals surface area contributed by atoms with Gasteiger partial charge >= 0.3 is 99.8 Å². The standard InChI is InChI=1S/C33H30NOS.C14H16GeN.Ir/c1-19(2)13-24-18-34-31(17-29(24)20(3)4)28-8-6-7-26-27-12-10-22-14-23-15-25(35-5)11-9-21(23)16-30(22)33(27)36-32(26)28;1-15(2,3)13-9-10-14(16-11-13)12-7-5-4-6-8-12;/h6-7,9-12,14-20H,13H2,1-5H3;4-7,9-11H,1-3H3;/q2*-1;/i13D2,20D;;. The fraction of sp³-hybridized carbons (Fsp3) is 0.234. The molecule has 0 fully saturated rings. The molecule has 6 heteroatoms. The van der Waals surface area contributed by atoms with Crippen LogP contribution < -0.4 is 9.13 Å². The van der Waals surface area contributed by atoms with Crippen molar-refractivity contribution in [2.45, 2.75) is 57.2 Å². The molecular weight excluding hydrogens is 905 g/mol. The molecule has 53 heavy (non-hydrogen) atoms. The topological polar surface area (TPSA) is 35.0 Å². The van der Waals surface area contributed by atoms with E-state index in [9.17, 15) is 0 Å². The van der Waals surface area contributed by atoms with E-state index in [2.05, 4.69) is 89.0 Å². The van der Waals surface area contributed by atoms with Gasteiger partial charge in [0.2, 0.25) is 0 Å². The smallest absolute Gasteiger partial charge is 0 e. The van der Waals surface area contributed by atoms with Crippen LogP contribution in [0.4, 0.5) is 0 Å². The Morgan fingerprint density at radius 2 is 1.53 bits per heavy atom. The van der Waals surface area contributed by atoms with Crippen molar-refractivity contribution in [2.24, 2.45) is 5.92 Å². The van der Waals surface area contributed by atoms with Gasteiger partial charge in [-0.1, -0.05) is 57.3 Å². The number of thiophene rings is 1. The Morgan fingerprint density at radius 1 is 0.755 bits per heavy atom. The van der Waals surface area contributed by atoms with Gasteiger partial charge in [-0.25, -0.2) is 0 Å². The number of aromatic nitrogens is 2. The Balaban J connectivity index is 0.000000263. The molecule has 8 rings (SSSR count). The molecule has 0 atom stereocenters. The van der Waals surface area contributed by atoms with E-state index in [0.29, 0.717) is 16.8 Å². The van der Waals surface area contributed by atoms with Gasteiger partial charge in [-0.3, -0.25) is 0 Å². The second-order valence-corrected chi connectivity index (χ2v) is 26.5. The van der Waals surface area contributed by atoms with Gasteiger partial charge in [-0.05, 0) is 90.9 Å². The van der Waals surface area contributed by atoms with Gasteiger partial charge in [0.1, 0.15) is 5.75 Å². The number of rotatable bonds is 7. The van der Waals surface area contributed by atoms with Crippen LogP contribution in [0, 0.1) is 18.1 Å². The second kappa shape index (κ2) is 16.2. The van der Waals surface area contributed by atoms with Crippen LogP contribution in [0.3, 0.4) is 0 Å². The van der Waals surface area contributed by atoms with Gasteiger partial charge < -0.3 is 9.72 Å². The zero-order valence-corrected chi connectivity index (χ0v) is 36.8. The summed E-state index contributed by atoms with van der Waals surface area (Å²) in [6, 6.07) is 39.9. The van der Waals surface area contributed by atoms with E-state index in [1.807, 2.05) is 76.4 Å². The van der Waals surface area contributed by atoms with Crippen molar-refractivity contribution < 1.29 is 29.0 Å². The molecular formula is C47H46GeIrN2OS-2. The van der Waals surface area contributed by atoms with E-state index < -0.39 is 25.5 Å². The average molecular weight is 955 g/mol. The normalized spacial score (nSPS) is 13.0. The van der Waals surface area contributed by atoms with Gasteiger partial charge in [0.25, 0.3) is 0 Å². The summed E-state index contributed by atoms with van der Waals surface area (Å²) in [6.07, 6.45) is 2.09. The Hall–Kier alpha value is -3.87. The SMILES string of the molecule is [2H]C(C)(C)c1cc(-c2[c-]ccc3c2sc2c4cc5ccc(OC)cc5cc4ccc32)ncc1C([2H])([2H])C(C)C.[CH3][Ge]([CH3])([CH3])[c]1ccc(-c2[c-]cccc2)nc1.[Ir]. The van der Waals surface area contributed by atoms with Crippen LogP contribution in [0.5, 0.6) is 5.75 Å². The first-order valence-electron chi connectivity index (χ1n) is 19.3. The van der Waals surface area contributed by atoms with E-state index in [-0.39, 0.29) is 26.0 Å². The predicted molar refractivity (Wildman–Crippen MR) is 227 cm³/mol. The van der Waals surface area contributed by atoms with E-state index in [0.717, 1.165) is 38.0 Å². The van der Waals surface area contributed by atoms with Gasteiger partial charge in [-0.2, -0.15) is 11.3 Å². The fourth-order valence-electron chi connectivity index (χ4n) is 6.55. The number of ether oxygens (including phenoxy) is 1. The van der Waals surface area contributed by atoms with Crippen LogP contribution in [-0.4, -0.2) is 30.3 Å². The fourth-order valence-corrected chi connectivity index (χ4v) is 10.1. The summed E-state index contributed by atoms with van der Waals surface area (Å²) in [6.45, 7) is 7.35. The molecule has 5 aromatic carbocycles. The van der Waals surface area contributed by atoms with Crippen molar-refractivity contribution >= 4 is 70.7 Å². The number of hydrogen-bond donors (Lipinski definition) is 0. The van der Waals surface area contributed by atoms with Crippen molar-refractivity contribution in [3.63, 3.8) is 0 Å². The number of methoxy groups -OCH3 is 1. The van der Waals surface area contributed by atoms with Crippen LogP contribution in [0.15, 0.2) is 109 Å². The molecule has 0 unspecified atom stereocenters. The minimum Gasteiger partial charge on any atom is 0 e. The molecule has 3 heterocycles. The monoisotopic (exact) mass is 956 g/mol. The molecule has 0 aliphatic carbocycles.